The Kier molecular flexibility index (Phi) is 41.6. The smallest absolute Gasteiger partial charge is 0.251 e. The lowest BCUT2D eigenvalue weighted by atomic mass is 10.0. The van der Waals surface area contributed by atoms with Crippen LogP contribution in [0.15, 0.2) is 188 Å². The van der Waals surface area contributed by atoms with Crippen LogP contribution >= 0.6 is 0 Å². The minimum atomic E-state index is 0.00200. The van der Waals surface area contributed by atoms with Crippen LogP contribution in [-0.4, -0.2) is 99.0 Å². The summed E-state index contributed by atoms with van der Waals surface area (Å²) in [6, 6.07) is 61.4. The summed E-state index contributed by atoms with van der Waals surface area (Å²) in [5, 5.41) is 30.7. The first-order chi connectivity index (χ1) is 45.2. The van der Waals surface area contributed by atoms with Crippen LogP contribution in [-0.2, 0) is 0 Å². The van der Waals surface area contributed by atoms with Gasteiger partial charge in [0.25, 0.3) is 5.91 Å². The number of phenolic OH excluding ortho intramolecular Hbond substituents is 3. The summed E-state index contributed by atoms with van der Waals surface area (Å²) in [4.78, 5) is 26.7. The van der Waals surface area contributed by atoms with Crippen LogP contribution in [0, 0.1) is 6.92 Å². The Hall–Kier alpha value is -8.38. The molecule has 0 aliphatic rings. The summed E-state index contributed by atoms with van der Waals surface area (Å²) >= 11 is 0. The normalized spacial score (nSPS) is 10.5. The molecule has 0 atom stereocenters. The van der Waals surface area contributed by atoms with Crippen molar-refractivity contribution in [2.45, 2.75) is 172 Å². The molecule has 0 heterocycles. The number of hydrogen-bond acceptors (Lipinski definition) is 10. The first-order valence-corrected chi connectivity index (χ1v) is 33.9. The highest BCUT2D eigenvalue weighted by Gasteiger charge is 2.09. The van der Waals surface area contributed by atoms with Crippen molar-refractivity contribution in [3.63, 3.8) is 0 Å². The SMILES string of the molecule is CC(=O)c1ccc(C(C)C)cc1.CC(C)c1ccc(C(=O)NCCN(C)C)cc1.CC(C)c1ccc(OCN(C)C)cc1.CC(C)c1cccc(O)c1.CC(C)c1ccccc1.COc1cc(C(C)C)ccc1O.COc1ccc(C(C)C)cc1O.Cc1ccc(C(C)C)cc1. The topological polar surface area (TPSA) is 141 Å². The standard InChI is InChI=1S/C14H22N2O.C12H19NO.C11H14O.2C10H14O2.C10H14.C9H12O.C9H12/c1-11(2)12-5-7-13(8-6-12)14(17)15-9-10-16(3)4;1-10(2)11-5-7-12(8-6-11)14-9-13(3)4;1-8(2)10-4-6-11(7-5-10)9(3)12;1-7(2)8-4-5-10(12-3)9(11)6-8;1-7(2)8-4-5-9(11)10(6-8)12-3;1-8(2)10-6-4-9(3)5-7-10;1-7(2)8-4-3-5-9(10)6-8;1-8(2)9-6-4-3-5-7-9/h5-8,11H,9-10H2,1-4H3,(H,15,17);5-8,10H,9H2,1-4H3;4-8H,1-3H3;2*4-7,11H,1-3H3;4-8H,1-3H3;3-7,10H,1-2H3;3-8H,1-2H3. The molecule has 8 aromatic carbocycles. The number of likely N-dealkylation sites (N-methyl/N-ethyl adjacent to an activating group) is 1. The molecular formula is C85H121N3O8. The second-order valence-corrected chi connectivity index (χ2v) is 26.8. The molecule has 0 aliphatic carbocycles. The average Bonchev–Trinajstić information content (AvgIpc) is 1.18. The largest absolute Gasteiger partial charge is 0.508 e. The van der Waals surface area contributed by atoms with E-state index in [0.29, 0.717) is 77.9 Å². The molecular weight excluding hydrogens is 1190 g/mol. The third-order valence-electron chi connectivity index (χ3n) is 15.2. The minimum Gasteiger partial charge on any atom is -0.508 e. The number of carbonyl (C=O) groups excluding carboxylic acids is 2. The number of rotatable bonds is 18. The van der Waals surface area contributed by atoms with Crippen LogP contribution in [0.5, 0.6) is 34.5 Å². The maximum absolute atomic E-state index is 11.8. The fourth-order valence-corrected chi connectivity index (χ4v) is 8.56. The van der Waals surface area contributed by atoms with Crippen LogP contribution < -0.4 is 19.5 Å². The number of amides is 1. The first-order valence-electron chi connectivity index (χ1n) is 33.9. The van der Waals surface area contributed by atoms with Gasteiger partial charge in [0.1, 0.15) is 18.2 Å². The molecule has 1 amide bonds. The Morgan fingerprint density at radius 3 is 1.15 bits per heavy atom. The number of Topliss-reactive ketones (excluding diaryl/α,β-unsaturated/α-hetero) is 1. The van der Waals surface area contributed by atoms with Crippen molar-refractivity contribution in [1.29, 1.82) is 0 Å². The second kappa shape index (κ2) is 46.7. The van der Waals surface area contributed by atoms with Gasteiger partial charge in [0.05, 0.1) is 14.2 Å². The number of phenols is 3. The zero-order chi connectivity index (χ0) is 72.6. The molecule has 96 heavy (non-hydrogen) atoms. The van der Waals surface area contributed by atoms with Crippen LogP contribution in [0.2, 0.25) is 0 Å². The predicted molar refractivity (Wildman–Crippen MR) is 407 cm³/mol. The molecule has 0 aromatic heterocycles. The second-order valence-electron chi connectivity index (χ2n) is 26.8. The lowest BCUT2D eigenvalue weighted by Crippen LogP contribution is -2.31. The number of nitrogens with zero attached hydrogens (tertiary/aromatic N) is 2. The number of ether oxygens (including phenoxy) is 3. The molecule has 8 aromatic rings. The van der Waals surface area contributed by atoms with E-state index in [1.807, 2.05) is 135 Å². The van der Waals surface area contributed by atoms with Crippen LogP contribution in [0.1, 0.15) is 236 Å². The van der Waals surface area contributed by atoms with E-state index in [1.54, 1.807) is 51.5 Å². The molecule has 11 heteroatoms. The molecule has 0 spiro atoms. The summed E-state index contributed by atoms with van der Waals surface area (Å²) in [5.74, 6) is 7.21. The lowest BCUT2D eigenvalue weighted by molar-refractivity contribution is 0.0950. The quantitative estimate of drug-likeness (QED) is 0.0485. The van der Waals surface area contributed by atoms with Gasteiger partial charge in [-0.15, -0.1) is 0 Å². The van der Waals surface area contributed by atoms with E-state index in [0.717, 1.165) is 29.0 Å². The summed E-state index contributed by atoms with van der Waals surface area (Å²) in [6.07, 6.45) is 0. The third kappa shape index (κ3) is 35.9. The maximum Gasteiger partial charge on any atom is 0.251 e. The Morgan fingerprint density at radius 2 is 0.771 bits per heavy atom. The van der Waals surface area contributed by atoms with Crippen LogP contribution in [0.4, 0.5) is 0 Å². The van der Waals surface area contributed by atoms with Gasteiger partial charge in [-0.25, -0.2) is 0 Å². The van der Waals surface area contributed by atoms with E-state index in [1.165, 1.54) is 44.5 Å². The van der Waals surface area contributed by atoms with Gasteiger partial charge in [0.15, 0.2) is 28.8 Å². The number of ketones is 1. The molecule has 0 aliphatic heterocycles. The molecule has 0 saturated heterocycles. The van der Waals surface area contributed by atoms with Gasteiger partial charge < -0.3 is 39.7 Å². The first kappa shape index (κ1) is 85.6. The van der Waals surface area contributed by atoms with E-state index in [-0.39, 0.29) is 23.2 Å². The van der Waals surface area contributed by atoms with Crippen molar-refractivity contribution in [2.24, 2.45) is 0 Å². The van der Waals surface area contributed by atoms with Gasteiger partial charge in [-0.1, -0.05) is 244 Å². The van der Waals surface area contributed by atoms with E-state index in [2.05, 4.69) is 184 Å². The van der Waals surface area contributed by atoms with Crippen LogP contribution in [0.25, 0.3) is 0 Å². The summed E-state index contributed by atoms with van der Waals surface area (Å²) in [6.45, 7) is 40.2. The molecule has 0 saturated carbocycles. The monoisotopic (exact) mass is 1310 g/mol. The average molecular weight is 1310 g/mol. The van der Waals surface area contributed by atoms with Crippen molar-refractivity contribution >= 4 is 11.7 Å². The minimum absolute atomic E-state index is 0.00200. The fraction of sp³-hybridized carbons (Fsp3) is 0.412. The van der Waals surface area contributed by atoms with Gasteiger partial charge in [0.2, 0.25) is 0 Å². The molecule has 8 rings (SSSR count). The molecule has 0 fully saturated rings. The van der Waals surface area contributed by atoms with Crippen molar-refractivity contribution in [3.8, 4) is 34.5 Å². The van der Waals surface area contributed by atoms with Crippen molar-refractivity contribution < 1.29 is 39.1 Å². The molecule has 524 valence electrons. The number of carbonyl (C=O) groups is 2. The number of hydrogen-bond donors (Lipinski definition) is 4. The maximum atomic E-state index is 11.8. The zero-order valence-corrected chi connectivity index (χ0v) is 62.9. The number of aryl methyl sites for hydroxylation is 1. The number of methoxy groups -OCH3 is 2. The highest BCUT2D eigenvalue weighted by atomic mass is 16.5. The van der Waals surface area contributed by atoms with E-state index < -0.39 is 0 Å². The molecule has 0 radical (unpaired) electrons. The number of aromatic hydroxyl groups is 3. The van der Waals surface area contributed by atoms with E-state index in [4.69, 9.17) is 19.3 Å². The highest BCUT2D eigenvalue weighted by molar-refractivity contribution is 5.94. The summed E-state index contributed by atoms with van der Waals surface area (Å²) < 4.78 is 15.4. The van der Waals surface area contributed by atoms with Crippen LogP contribution in [0.3, 0.4) is 0 Å². The Bertz CT molecular complexity index is 3350. The van der Waals surface area contributed by atoms with Crippen molar-refractivity contribution in [3.05, 3.63) is 249 Å². The van der Waals surface area contributed by atoms with Gasteiger partial charge in [-0.3, -0.25) is 14.5 Å². The van der Waals surface area contributed by atoms with Gasteiger partial charge in [0, 0.05) is 24.2 Å². The summed E-state index contributed by atoms with van der Waals surface area (Å²) in [7, 11) is 11.1. The molecule has 0 unspecified atom stereocenters. The molecule has 4 N–H and O–H groups in total. The predicted octanol–water partition coefficient (Wildman–Crippen LogP) is 21.3. The summed E-state index contributed by atoms with van der Waals surface area (Å²) in [5.41, 5.74) is 13.1. The Balaban J connectivity index is 0.000000552. The van der Waals surface area contributed by atoms with Gasteiger partial charge >= 0.3 is 0 Å². The fourth-order valence-electron chi connectivity index (χ4n) is 8.56. The molecule has 0 bridgehead atoms. The number of benzene rings is 8. The Labute approximate surface area is 580 Å². The van der Waals surface area contributed by atoms with Gasteiger partial charge in [-0.2, -0.15) is 0 Å². The van der Waals surface area contributed by atoms with Crippen molar-refractivity contribution in [1.82, 2.24) is 15.1 Å². The number of nitrogens with one attached hydrogen (secondary N) is 1. The Morgan fingerprint density at radius 1 is 0.396 bits per heavy atom. The third-order valence-corrected chi connectivity index (χ3v) is 15.2. The van der Waals surface area contributed by atoms with E-state index in [9.17, 15) is 19.8 Å². The zero-order valence-electron chi connectivity index (χ0n) is 62.9. The van der Waals surface area contributed by atoms with E-state index >= 15 is 0 Å². The van der Waals surface area contributed by atoms with Gasteiger partial charge in [-0.05, 0) is 195 Å². The highest BCUT2D eigenvalue weighted by Crippen LogP contribution is 2.31. The molecule has 11 nitrogen and oxygen atoms in total. The lowest BCUT2D eigenvalue weighted by Gasteiger charge is -2.12. The van der Waals surface area contributed by atoms with Crippen molar-refractivity contribution in [2.75, 3.05) is 62.2 Å².